The number of hydrogen-bond donors (Lipinski definition) is 2. The standard InChI is InChI=1S/C10H17NO3/c1-4-6-8(10(13)14)11-9(12)7(3)5-2/h4,7-8H,1,5-6H2,2-3H3,(H,11,12)(H,13,14). The highest BCUT2D eigenvalue weighted by molar-refractivity contribution is 5.84. The minimum absolute atomic E-state index is 0.151. The highest BCUT2D eigenvalue weighted by atomic mass is 16.4. The maximum absolute atomic E-state index is 11.4. The molecule has 0 rings (SSSR count). The van der Waals surface area contributed by atoms with Gasteiger partial charge in [0.15, 0.2) is 0 Å². The molecule has 0 aromatic carbocycles. The quantitative estimate of drug-likeness (QED) is 0.631. The Hall–Kier alpha value is -1.32. The van der Waals surface area contributed by atoms with Crippen LogP contribution in [0.1, 0.15) is 26.7 Å². The van der Waals surface area contributed by atoms with Crippen molar-refractivity contribution in [1.29, 1.82) is 0 Å². The van der Waals surface area contributed by atoms with Crippen LogP contribution in [0.4, 0.5) is 0 Å². The maximum Gasteiger partial charge on any atom is 0.326 e. The third kappa shape index (κ3) is 4.07. The Morgan fingerprint density at radius 1 is 1.57 bits per heavy atom. The van der Waals surface area contributed by atoms with Crippen molar-refractivity contribution in [1.82, 2.24) is 5.32 Å². The van der Waals surface area contributed by atoms with Crippen molar-refractivity contribution in [2.75, 3.05) is 0 Å². The average Bonchev–Trinajstić information content (AvgIpc) is 2.15. The molecule has 0 radical (unpaired) electrons. The smallest absolute Gasteiger partial charge is 0.326 e. The maximum atomic E-state index is 11.4. The summed E-state index contributed by atoms with van der Waals surface area (Å²) < 4.78 is 0. The number of hydrogen-bond acceptors (Lipinski definition) is 2. The van der Waals surface area contributed by atoms with Crippen LogP contribution in [0.5, 0.6) is 0 Å². The Bertz CT molecular complexity index is 225. The lowest BCUT2D eigenvalue weighted by Gasteiger charge is -2.15. The van der Waals surface area contributed by atoms with Gasteiger partial charge in [-0.05, 0) is 12.8 Å². The Balaban J connectivity index is 4.22. The van der Waals surface area contributed by atoms with Gasteiger partial charge in [0.05, 0.1) is 0 Å². The number of carbonyl (C=O) groups is 2. The molecule has 0 aliphatic rings. The first kappa shape index (κ1) is 12.7. The molecule has 2 N–H and O–H groups in total. The molecule has 0 bridgehead atoms. The second kappa shape index (κ2) is 6.18. The van der Waals surface area contributed by atoms with E-state index in [1.54, 1.807) is 6.92 Å². The van der Waals surface area contributed by atoms with Gasteiger partial charge in [0.25, 0.3) is 0 Å². The van der Waals surface area contributed by atoms with E-state index < -0.39 is 12.0 Å². The molecule has 1 amide bonds. The second-order valence-electron chi connectivity index (χ2n) is 3.23. The number of carbonyl (C=O) groups excluding carboxylic acids is 1. The van der Waals surface area contributed by atoms with Gasteiger partial charge in [-0.1, -0.05) is 19.9 Å². The first-order valence-corrected chi connectivity index (χ1v) is 4.67. The van der Waals surface area contributed by atoms with Gasteiger partial charge in [-0.15, -0.1) is 6.58 Å². The predicted molar refractivity (Wildman–Crippen MR) is 53.8 cm³/mol. The molecule has 0 aliphatic carbocycles. The molecule has 0 fully saturated rings. The summed E-state index contributed by atoms with van der Waals surface area (Å²) in [6.45, 7) is 7.09. The summed E-state index contributed by atoms with van der Waals surface area (Å²) in [5.74, 6) is -1.40. The fourth-order valence-corrected chi connectivity index (χ4v) is 0.888. The van der Waals surface area contributed by atoms with Crippen LogP contribution in [0.3, 0.4) is 0 Å². The van der Waals surface area contributed by atoms with Crippen molar-refractivity contribution >= 4 is 11.9 Å². The predicted octanol–water partition coefficient (Wildman–Crippen LogP) is 1.18. The number of rotatable bonds is 6. The van der Waals surface area contributed by atoms with Gasteiger partial charge < -0.3 is 10.4 Å². The van der Waals surface area contributed by atoms with Crippen molar-refractivity contribution < 1.29 is 14.7 Å². The normalized spacial score (nSPS) is 14.1. The van der Waals surface area contributed by atoms with Gasteiger partial charge in [-0.2, -0.15) is 0 Å². The lowest BCUT2D eigenvalue weighted by molar-refractivity contribution is -0.142. The molecule has 0 aliphatic heterocycles. The van der Waals surface area contributed by atoms with Crippen molar-refractivity contribution in [3.05, 3.63) is 12.7 Å². The first-order chi connectivity index (χ1) is 6.52. The third-order valence-electron chi connectivity index (χ3n) is 2.08. The third-order valence-corrected chi connectivity index (χ3v) is 2.08. The van der Waals surface area contributed by atoms with Crippen LogP contribution in [0.15, 0.2) is 12.7 Å². The van der Waals surface area contributed by atoms with E-state index in [4.69, 9.17) is 5.11 Å². The van der Waals surface area contributed by atoms with Crippen LogP contribution in [0, 0.1) is 5.92 Å². The molecule has 0 aromatic rings. The number of aliphatic carboxylic acids is 1. The van der Waals surface area contributed by atoms with Crippen LogP contribution < -0.4 is 5.32 Å². The summed E-state index contributed by atoms with van der Waals surface area (Å²) in [7, 11) is 0. The summed E-state index contributed by atoms with van der Waals surface area (Å²) in [6, 6.07) is -0.853. The molecule has 4 nitrogen and oxygen atoms in total. The zero-order chi connectivity index (χ0) is 11.1. The van der Waals surface area contributed by atoms with Gasteiger partial charge in [0.2, 0.25) is 5.91 Å². The van der Waals surface area contributed by atoms with E-state index in [2.05, 4.69) is 11.9 Å². The highest BCUT2D eigenvalue weighted by Gasteiger charge is 2.20. The summed E-state index contributed by atoms with van der Waals surface area (Å²) in [5.41, 5.74) is 0. The fourth-order valence-electron chi connectivity index (χ4n) is 0.888. The molecular formula is C10H17NO3. The van der Waals surface area contributed by atoms with E-state index in [0.717, 1.165) is 0 Å². The van der Waals surface area contributed by atoms with E-state index in [-0.39, 0.29) is 18.2 Å². The minimum atomic E-state index is -1.03. The average molecular weight is 199 g/mol. The zero-order valence-corrected chi connectivity index (χ0v) is 8.62. The SMILES string of the molecule is C=CCC(NC(=O)C(C)CC)C(=O)O. The van der Waals surface area contributed by atoms with E-state index in [1.165, 1.54) is 6.08 Å². The topological polar surface area (TPSA) is 66.4 Å². The molecule has 0 heterocycles. The summed E-state index contributed by atoms with van der Waals surface area (Å²) in [4.78, 5) is 22.0. The van der Waals surface area contributed by atoms with Gasteiger partial charge in [-0.3, -0.25) is 4.79 Å². The number of nitrogens with one attached hydrogen (secondary N) is 1. The van der Waals surface area contributed by atoms with Crippen LogP contribution in [0.2, 0.25) is 0 Å². The second-order valence-corrected chi connectivity index (χ2v) is 3.23. The van der Waals surface area contributed by atoms with Gasteiger partial charge >= 0.3 is 5.97 Å². The highest BCUT2D eigenvalue weighted by Crippen LogP contribution is 2.02. The van der Waals surface area contributed by atoms with E-state index in [0.29, 0.717) is 6.42 Å². The Labute approximate surface area is 84.0 Å². The lowest BCUT2D eigenvalue weighted by atomic mass is 10.1. The number of carboxylic acid groups (broad SMARTS) is 1. The van der Waals surface area contributed by atoms with Crippen molar-refractivity contribution in [3.8, 4) is 0 Å². The summed E-state index contributed by atoms with van der Waals surface area (Å²) >= 11 is 0. The van der Waals surface area contributed by atoms with Crippen molar-refractivity contribution in [3.63, 3.8) is 0 Å². The molecule has 0 saturated heterocycles. The van der Waals surface area contributed by atoms with E-state index in [9.17, 15) is 9.59 Å². The van der Waals surface area contributed by atoms with Crippen LogP contribution >= 0.6 is 0 Å². The van der Waals surface area contributed by atoms with Crippen molar-refractivity contribution in [2.45, 2.75) is 32.7 Å². The molecule has 2 atom stereocenters. The van der Waals surface area contributed by atoms with Crippen LogP contribution in [-0.2, 0) is 9.59 Å². The fraction of sp³-hybridized carbons (Fsp3) is 0.600. The molecule has 0 spiro atoms. The first-order valence-electron chi connectivity index (χ1n) is 4.67. The molecule has 4 heteroatoms. The Kier molecular flexibility index (Phi) is 5.60. The lowest BCUT2D eigenvalue weighted by Crippen LogP contribution is -2.42. The molecule has 0 saturated carbocycles. The van der Waals surface area contributed by atoms with E-state index in [1.807, 2.05) is 6.92 Å². The van der Waals surface area contributed by atoms with Crippen molar-refractivity contribution in [2.24, 2.45) is 5.92 Å². The van der Waals surface area contributed by atoms with E-state index >= 15 is 0 Å². The zero-order valence-electron chi connectivity index (χ0n) is 8.62. The number of amides is 1. The minimum Gasteiger partial charge on any atom is -0.480 e. The summed E-state index contributed by atoms with van der Waals surface area (Å²) in [6.07, 6.45) is 2.43. The van der Waals surface area contributed by atoms with Gasteiger partial charge in [-0.25, -0.2) is 4.79 Å². The molecular weight excluding hydrogens is 182 g/mol. The monoisotopic (exact) mass is 199 g/mol. The molecule has 14 heavy (non-hydrogen) atoms. The molecule has 80 valence electrons. The van der Waals surface area contributed by atoms with Crippen LogP contribution in [0.25, 0.3) is 0 Å². The number of carboxylic acids is 1. The Morgan fingerprint density at radius 2 is 2.14 bits per heavy atom. The Morgan fingerprint density at radius 3 is 2.50 bits per heavy atom. The van der Waals surface area contributed by atoms with Gasteiger partial charge in [0.1, 0.15) is 6.04 Å². The molecule has 0 aromatic heterocycles. The summed E-state index contributed by atoms with van der Waals surface area (Å²) in [5, 5.41) is 11.2. The van der Waals surface area contributed by atoms with Gasteiger partial charge in [0, 0.05) is 5.92 Å². The molecule has 2 unspecified atom stereocenters. The largest absolute Gasteiger partial charge is 0.480 e. The van der Waals surface area contributed by atoms with Crippen LogP contribution in [-0.4, -0.2) is 23.0 Å².